The predicted octanol–water partition coefficient (Wildman–Crippen LogP) is 9.81. The van der Waals surface area contributed by atoms with E-state index in [2.05, 4.69) is 122 Å². The Morgan fingerprint density at radius 2 is 0.723 bits per heavy atom. The molecule has 276 valence electrons. The first-order valence-electron chi connectivity index (χ1n) is 17.2. The van der Waals surface area contributed by atoms with E-state index in [4.69, 9.17) is 17.5 Å². The molecule has 0 saturated carbocycles. The molecular formula is C34H70BrClMgS7Si3. The van der Waals surface area contributed by atoms with E-state index >= 15 is 0 Å². The van der Waals surface area contributed by atoms with Gasteiger partial charge >= 0.3 is 23.1 Å². The quantitative estimate of drug-likeness (QED) is 0.0370. The molecule has 0 atom stereocenters. The second kappa shape index (κ2) is 51.0. The van der Waals surface area contributed by atoms with E-state index in [1.54, 1.807) is 0 Å². The minimum Gasteiger partial charge on any atom is -1.00 e. The van der Waals surface area contributed by atoms with Crippen molar-refractivity contribution in [2.45, 2.75) is 194 Å². The summed E-state index contributed by atoms with van der Waals surface area (Å²) in [6, 6.07) is 4.11. The number of terminal acetylenes is 1. The zero-order valence-corrected chi connectivity index (χ0v) is 44.2. The smallest absolute Gasteiger partial charge is 1.00 e. The van der Waals surface area contributed by atoms with Gasteiger partial charge in [0.1, 0.15) is 23.5 Å². The van der Waals surface area contributed by atoms with Gasteiger partial charge in [-0.25, -0.2) is 0 Å². The van der Waals surface area contributed by atoms with Crippen LogP contribution in [0.2, 0.25) is 57.4 Å². The van der Waals surface area contributed by atoms with Gasteiger partial charge in [0, 0.05) is 71.4 Å². The third-order valence-corrected chi connectivity index (χ3v) is 16.6. The molecule has 0 radical (unpaired) electrons. The molecule has 0 aliphatic rings. The van der Waals surface area contributed by atoms with Gasteiger partial charge in [0.05, 0.1) is 0 Å². The Morgan fingerprint density at radius 3 is 0.936 bits per heavy atom. The fourth-order valence-electron chi connectivity index (χ4n) is 4.48. The summed E-state index contributed by atoms with van der Waals surface area (Å²) in [7, 11) is -0.540. The van der Waals surface area contributed by atoms with Crippen LogP contribution >= 0.6 is 11.1 Å². The zero-order valence-electron chi connectivity index (χ0n) is 31.7. The van der Waals surface area contributed by atoms with Gasteiger partial charge in [-0.15, -0.1) is 11.1 Å². The summed E-state index contributed by atoms with van der Waals surface area (Å²) in [6.07, 6.45) is 34.3. The van der Waals surface area contributed by atoms with Crippen LogP contribution in [-0.2, 0) is 71.4 Å². The SMILES string of the molecule is CCCCCCCC[Si](C)(C)C#C[Si](C)(C)CCCCCCCC.CCCCCCCC[Si](C)(C)Cl.S=S=S.S=S=S=S.[Br-].[C-]#C.[Mg+2]. The van der Waals surface area contributed by atoms with Crippen LogP contribution in [0, 0.1) is 23.9 Å². The molecule has 0 bridgehead atoms. The van der Waals surface area contributed by atoms with Crippen LogP contribution in [0.3, 0.4) is 0 Å². The van der Waals surface area contributed by atoms with Crippen molar-refractivity contribution in [2.75, 3.05) is 0 Å². The van der Waals surface area contributed by atoms with Gasteiger partial charge in [-0.3, -0.25) is 0 Å². The molecule has 0 aliphatic heterocycles. The van der Waals surface area contributed by atoms with Gasteiger partial charge in [0.15, 0.2) is 0 Å². The first-order valence-corrected chi connectivity index (χ1v) is 34.5. The van der Waals surface area contributed by atoms with Crippen LogP contribution in [-0.4, -0.2) is 46.6 Å². The normalized spacial score (nSPS) is 9.96. The average Bonchev–Trinajstić information content (AvgIpc) is 2.99. The van der Waals surface area contributed by atoms with Gasteiger partial charge in [-0.1, -0.05) is 176 Å². The monoisotopic (exact) mass is 924 g/mol. The molecule has 13 heteroatoms. The van der Waals surface area contributed by atoms with Crippen molar-refractivity contribution in [3.63, 3.8) is 0 Å². The van der Waals surface area contributed by atoms with E-state index in [0.29, 0.717) is 0 Å². The van der Waals surface area contributed by atoms with Gasteiger partial charge in [-0.2, -0.15) is 11.1 Å². The van der Waals surface area contributed by atoms with E-state index in [0.717, 1.165) is 8.88 Å². The Bertz CT molecular complexity index is 787. The Labute approximate surface area is 359 Å². The molecule has 0 aromatic carbocycles. The molecule has 0 N–H and O–H groups in total. The van der Waals surface area contributed by atoms with Crippen LogP contribution in [0.25, 0.3) is 0 Å². The summed E-state index contributed by atoms with van der Waals surface area (Å²) >= 11 is 23.1. The average molecular weight is 927 g/mol. The number of hydrogen-bond acceptors (Lipinski definition) is 4. The van der Waals surface area contributed by atoms with Crippen LogP contribution in [0.15, 0.2) is 0 Å². The maximum atomic E-state index is 6.21. The molecule has 0 saturated heterocycles. The summed E-state index contributed by atoms with van der Waals surface area (Å²) in [4.78, 5) is 0. The minimum absolute atomic E-state index is 0. The van der Waals surface area contributed by atoms with E-state index in [1.165, 1.54) is 151 Å². The summed E-state index contributed by atoms with van der Waals surface area (Å²) in [5.41, 5.74) is 7.63. The maximum absolute atomic E-state index is 6.21. The Hall–Kier alpha value is 2.85. The van der Waals surface area contributed by atoms with E-state index < -0.39 is 23.5 Å². The molecule has 47 heavy (non-hydrogen) atoms. The van der Waals surface area contributed by atoms with Crippen molar-refractivity contribution in [2.24, 2.45) is 0 Å². The largest absolute Gasteiger partial charge is 2.00 e. The third-order valence-electron chi connectivity index (χ3n) is 7.20. The molecule has 0 aromatic heterocycles. The number of rotatable bonds is 21. The fraction of sp³-hybridized carbons (Fsp3) is 0.882. The van der Waals surface area contributed by atoms with Crippen molar-refractivity contribution in [1.82, 2.24) is 0 Å². The topological polar surface area (TPSA) is 0 Å². The number of unbranched alkanes of at least 4 members (excludes halogenated alkanes) is 15. The van der Waals surface area contributed by atoms with E-state index in [9.17, 15) is 0 Å². The summed E-state index contributed by atoms with van der Waals surface area (Å²) < 4.78 is 0. The molecule has 0 heterocycles. The molecular weight excluding hydrogens is 857 g/mol. The first kappa shape index (κ1) is 64.8. The Morgan fingerprint density at radius 1 is 0.511 bits per heavy atom. The zero-order chi connectivity index (χ0) is 35.9. The summed E-state index contributed by atoms with van der Waals surface area (Å²) in [6.45, 7) is 21.3. The minimum atomic E-state index is -1.27. The first-order chi connectivity index (χ1) is 21.2. The molecule has 0 aromatic rings. The predicted molar refractivity (Wildman–Crippen MR) is 246 cm³/mol. The third kappa shape index (κ3) is 74.8. The standard InChI is InChI=1S/C22H46Si2.C10H23ClSi.C2H.BrH.Mg.S4.S3/c1-7-9-11-13-15-17-19-23(3,4)21-22-24(5,6)20-18-16-14-12-10-8-2;1-4-5-6-7-8-9-10-12(2,3)11;1-2;;;1-3-4-2;1-3-2/h7-20H2,1-6H3;4-10H2,1-3H3;1H;1H;;;/q;;-1;;+2;;/p-1. The molecule has 0 fully saturated rings. The van der Waals surface area contributed by atoms with Crippen molar-refractivity contribution < 1.29 is 17.0 Å². The molecule has 0 amide bonds. The molecule has 0 rings (SSSR count). The molecule has 0 nitrogen and oxygen atoms in total. The number of hydrogen-bond donors (Lipinski definition) is 0. The second-order valence-corrected chi connectivity index (χ2v) is 34.8. The second-order valence-electron chi connectivity index (χ2n) is 13.5. The van der Waals surface area contributed by atoms with Gasteiger partial charge in [-0.05, 0) is 18.1 Å². The van der Waals surface area contributed by atoms with Crippen molar-refractivity contribution >= 4 is 129 Å². The van der Waals surface area contributed by atoms with Crippen LogP contribution in [0.1, 0.15) is 136 Å². The fourth-order valence-corrected chi connectivity index (χ4v) is 11.2. The Balaban J connectivity index is -0.000000116. The van der Waals surface area contributed by atoms with Crippen molar-refractivity contribution in [3.8, 4) is 17.5 Å². The van der Waals surface area contributed by atoms with Crippen molar-refractivity contribution in [3.05, 3.63) is 6.42 Å². The van der Waals surface area contributed by atoms with Crippen molar-refractivity contribution in [1.29, 1.82) is 0 Å². The van der Waals surface area contributed by atoms with Crippen LogP contribution in [0.5, 0.6) is 0 Å². The summed E-state index contributed by atoms with van der Waals surface area (Å²) in [5.74, 6) is 0. The van der Waals surface area contributed by atoms with E-state index in [1.807, 2.05) is 0 Å². The van der Waals surface area contributed by atoms with Crippen LogP contribution in [0.4, 0.5) is 0 Å². The van der Waals surface area contributed by atoms with Gasteiger partial charge in [0.2, 0.25) is 0 Å². The Kier molecular flexibility index (Phi) is 70.2. The van der Waals surface area contributed by atoms with Crippen LogP contribution < -0.4 is 17.0 Å². The molecule has 0 aliphatic carbocycles. The number of halogens is 2. The van der Waals surface area contributed by atoms with Gasteiger partial charge in [0.25, 0.3) is 0 Å². The molecule has 0 spiro atoms. The molecule has 0 unspecified atom stereocenters. The summed E-state index contributed by atoms with van der Waals surface area (Å²) in [5, 5.41) is 0. The maximum Gasteiger partial charge on any atom is 2.00 e. The van der Waals surface area contributed by atoms with E-state index in [-0.39, 0.29) is 40.0 Å². The van der Waals surface area contributed by atoms with Gasteiger partial charge < -0.3 is 29.8 Å².